The number of rotatable bonds is 3. The summed E-state index contributed by atoms with van der Waals surface area (Å²) < 4.78 is 1.01. The Hall–Kier alpha value is -0.230. The zero-order chi connectivity index (χ0) is 12.7. The van der Waals surface area contributed by atoms with E-state index in [4.69, 9.17) is 11.6 Å². The average molecular weight is 303 g/mol. The highest BCUT2D eigenvalue weighted by molar-refractivity contribution is 8.00. The summed E-state index contributed by atoms with van der Waals surface area (Å²) in [5, 5.41) is 7.34. The van der Waals surface area contributed by atoms with Gasteiger partial charge in [-0.05, 0) is 31.6 Å². The Morgan fingerprint density at radius 3 is 3.00 bits per heavy atom. The summed E-state index contributed by atoms with van der Waals surface area (Å²) in [5.41, 5.74) is 0. The van der Waals surface area contributed by atoms with Crippen molar-refractivity contribution in [3.63, 3.8) is 0 Å². The predicted octanol–water partition coefficient (Wildman–Crippen LogP) is 2.75. The standard InChI is InChI=1S/C12H15ClN2OS2/c1-17-12-7(13)5-10(18-12)11(16)15-9-4-6-2-3-8(9)14-6/h5-6,8-9,14H,2-4H2,1H3,(H,15,16). The quantitative estimate of drug-likeness (QED) is 0.844. The van der Waals surface area contributed by atoms with Crippen molar-refractivity contribution in [3.8, 4) is 0 Å². The van der Waals surface area contributed by atoms with Crippen LogP contribution < -0.4 is 10.6 Å². The molecule has 1 aromatic rings. The molecule has 3 unspecified atom stereocenters. The first-order valence-corrected chi connectivity index (χ1v) is 8.49. The van der Waals surface area contributed by atoms with E-state index in [9.17, 15) is 4.79 Å². The fraction of sp³-hybridized carbons (Fsp3) is 0.583. The van der Waals surface area contributed by atoms with E-state index in [2.05, 4.69) is 10.6 Å². The third-order valence-electron chi connectivity index (χ3n) is 3.68. The zero-order valence-electron chi connectivity index (χ0n) is 10.0. The molecule has 3 atom stereocenters. The summed E-state index contributed by atoms with van der Waals surface area (Å²) in [6.07, 6.45) is 5.46. The van der Waals surface area contributed by atoms with E-state index in [0.717, 1.165) is 10.6 Å². The van der Waals surface area contributed by atoms with Gasteiger partial charge in [-0.1, -0.05) is 11.6 Å². The van der Waals surface area contributed by atoms with Crippen molar-refractivity contribution in [1.82, 2.24) is 10.6 Å². The molecule has 0 radical (unpaired) electrons. The molecule has 18 heavy (non-hydrogen) atoms. The second kappa shape index (κ2) is 5.04. The van der Waals surface area contributed by atoms with E-state index in [-0.39, 0.29) is 11.9 Å². The SMILES string of the molecule is CSc1sc(C(=O)NC2CC3CCC2N3)cc1Cl. The number of hydrogen-bond acceptors (Lipinski definition) is 4. The smallest absolute Gasteiger partial charge is 0.261 e. The molecule has 2 aliphatic rings. The summed E-state index contributed by atoms with van der Waals surface area (Å²) in [4.78, 5) is 12.9. The number of carbonyl (C=O) groups excluding carboxylic acids is 1. The first-order chi connectivity index (χ1) is 8.67. The van der Waals surface area contributed by atoms with Crippen LogP contribution in [0.5, 0.6) is 0 Å². The number of hydrogen-bond donors (Lipinski definition) is 2. The second-order valence-corrected chi connectivity index (χ2v) is 7.35. The molecule has 2 aliphatic heterocycles. The van der Waals surface area contributed by atoms with E-state index < -0.39 is 0 Å². The summed E-state index contributed by atoms with van der Waals surface area (Å²) in [6, 6.07) is 3.13. The van der Waals surface area contributed by atoms with Crippen LogP contribution >= 0.6 is 34.7 Å². The van der Waals surface area contributed by atoms with Crippen molar-refractivity contribution >= 4 is 40.6 Å². The maximum Gasteiger partial charge on any atom is 0.261 e. The monoisotopic (exact) mass is 302 g/mol. The highest BCUT2D eigenvalue weighted by Crippen LogP contribution is 2.34. The Morgan fingerprint density at radius 1 is 1.61 bits per heavy atom. The van der Waals surface area contributed by atoms with Gasteiger partial charge in [0.15, 0.2) is 0 Å². The third kappa shape index (κ3) is 2.29. The number of amides is 1. The molecule has 1 amide bonds. The number of halogens is 1. The predicted molar refractivity (Wildman–Crippen MR) is 76.9 cm³/mol. The van der Waals surface area contributed by atoms with Crippen LogP contribution in [-0.2, 0) is 0 Å². The van der Waals surface area contributed by atoms with Gasteiger partial charge in [-0.15, -0.1) is 23.1 Å². The summed E-state index contributed by atoms with van der Waals surface area (Å²) in [7, 11) is 0. The van der Waals surface area contributed by atoms with Gasteiger partial charge in [-0.3, -0.25) is 4.79 Å². The zero-order valence-corrected chi connectivity index (χ0v) is 12.4. The van der Waals surface area contributed by atoms with E-state index in [0.29, 0.717) is 22.0 Å². The minimum atomic E-state index is 0.0153. The van der Waals surface area contributed by atoms with Gasteiger partial charge in [0.1, 0.15) is 0 Å². The molecule has 3 rings (SSSR count). The van der Waals surface area contributed by atoms with Crippen LogP contribution in [0.2, 0.25) is 5.02 Å². The van der Waals surface area contributed by atoms with E-state index in [1.807, 2.05) is 6.26 Å². The maximum atomic E-state index is 12.2. The first-order valence-electron chi connectivity index (χ1n) is 6.07. The van der Waals surface area contributed by atoms with Crippen molar-refractivity contribution in [2.75, 3.05) is 6.26 Å². The number of thiophene rings is 1. The molecule has 6 heteroatoms. The lowest BCUT2D eigenvalue weighted by atomic mass is 9.95. The molecule has 3 heterocycles. The topological polar surface area (TPSA) is 41.1 Å². The molecule has 0 saturated carbocycles. The summed E-state index contributed by atoms with van der Waals surface area (Å²) >= 11 is 9.12. The van der Waals surface area contributed by atoms with Gasteiger partial charge in [0.25, 0.3) is 5.91 Å². The lowest BCUT2D eigenvalue weighted by Gasteiger charge is -2.20. The van der Waals surface area contributed by atoms with Crippen LogP contribution in [0.3, 0.4) is 0 Å². The highest BCUT2D eigenvalue weighted by atomic mass is 35.5. The Morgan fingerprint density at radius 2 is 2.44 bits per heavy atom. The van der Waals surface area contributed by atoms with E-state index in [1.54, 1.807) is 17.8 Å². The molecule has 0 aliphatic carbocycles. The van der Waals surface area contributed by atoms with Gasteiger partial charge in [-0.2, -0.15) is 0 Å². The van der Waals surface area contributed by atoms with Gasteiger partial charge in [0, 0.05) is 18.1 Å². The molecule has 2 fully saturated rings. The molecule has 0 spiro atoms. The van der Waals surface area contributed by atoms with Crippen molar-refractivity contribution in [3.05, 3.63) is 16.0 Å². The largest absolute Gasteiger partial charge is 0.347 e. The Kier molecular flexibility index (Phi) is 3.58. The molecule has 3 nitrogen and oxygen atoms in total. The number of carbonyl (C=O) groups is 1. The fourth-order valence-corrected chi connectivity index (χ4v) is 4.89. The van der Waals surface area contributed by atoms with E-state index in [1.165, 1.54) is 24.2 Å². The maximum absolute atomic E-state index is 12.2. The summed E-state index contributed by atoms with van der Waals surface area (Å²) in [6.45, 7) is 0. The average Bonchev–Trinajstić information content (AvgIpc) is 3.03. The normalized spacial score (nSPS) is 29.8. The molecular weight excluding hydrogens is 288 g/mol. The fourth-order valence-electron chi connectivity index (χ4n) is 2.83. The minimum Gasteiger partial charge on any atom is -0.347 e. The van der Waals surface area contributed by atoms with Gasteiger partial charge < -0.3 is 10.6 Å². The van der Waals surface area contributed by atoms with Crippen molar-refractivity contribution in [2.24, 2.45) is 0 Å². The van der Waals surface area contributed by atoms with Crippen molar-refractivity contribution in [1.29, 1.82) is 0 Å². The molecule has 1 aromatic heterocycles. The molecule has 0 aromatic carbocycles. The number of nitrogens with one attached hydrogen (secondary N) is 2. The Labute approximate surface area is 120 Å². The Bertz CT molecular complexity index is 477. The van der Waals surface area contributed by atoms with Gasteiger partial charge in [0.2, 0.25) is 0 Å². The van der Waals surface area contributed by atoms with Crippen LogP contribution in [0.15, 0.2) is 10.3 Å². The van der Waals surface area contributed by atoms with Gasteiger partial charge >= 0.3 is 0 Å². The molecule has 2 bridgehead atoms. The van der Waals surface area contributed by atoms with Crippen LogP contribution in [-0.4, -0.2) is 30.3 Å². The third-order valence-corrected chi connectivity index (χ3v) is 6.47. The molecule has 2 N–H and O–H groups in total. The van der Waals surface area contributed by atoms with Crippen LogP contribution in [0, 0.1) is 0 Å². The van der Waals surface area contributed by atoms with E-state index >= 15 is 0 Å². The van der Waals surface area contributed by atoms with Gasteiger partial charge in [-0.25, -0.2) is 0 Å². The summed E-state index contributed by atoms with van der Waals surface area (Å²) in [5.74, 6) is 0.0153. The number of thioether (sulfide) groups is 1. The molecular formula is C12H15ClN2OS2. The van der Waals surface area contributed by atoms with Crippen molar-refractivity contribution in [2.45, 2.75) is 41.6 Å². The van der Waals surface area contributed by atoms with Crippen LogP contribution in [0.1, 0.15) is 28.9 Å². The van der Waals surface area contributed by atoms with Crippen molar-refractivity contribution < 1.29 is 4.79 Å². The Balaban J connectivity index is 1.67. The highest BCUT2D eigenvalue weighted by Gasteiger charge is 2.39. The lowest BCUT2D eigenvalue weighted by Crippen LogP contribution is -2.42. The lowest BCUT2D eigenvalue weighted by molar-refractivity contribution is 0.0935. The first kappa shape index (κ1) is 12.8. The second-order valence-electron chi connectivity index (χ2n) is 4.81. The molecule has 2 saturated heterocycles. The number of fused-ring (bicyclic) bond motifs is 2. The minimum absolute atomic E-state index is 0.0153. The van der Waals surface area contributed by atoms with Gasteiger partial charge in [0.05, 0.1) is 14.1 Å². The van der Waals surface area contributed by atoms with Crippen LogP contribution in [0.25, 0.3) is 0 Å². The molecule has 98 valence electrons. The van der Waals surface area contributed by atoms with Crippen LogP contribution in [0.4, 0.5) is 0 Å².